The van der Waals surface area contributed by atoms with Gasteiger partial charge in [-0.3, -0.25) is 0 Å². The smallest absolute Gasteiger partial charge is 0.0383 e. The molecule has 0 nitrogen and oxygen atoms in total. The number of hydrogen-bond acceptors (Lipinski definition) is 0. The van der Waals surface area contributed by atoms with Crippen molar-refractivity contribution in [1.29, 1.82) is 0 Å². The molecule has 0 aromatic carbocycles. The molecule has 4 unspecified atom stereocenters. The summed E-state index contributed by atoms with van der Waals surface area (Å²) < 4.78 is 0. The molecule has 0 aliphatic heterocycles. The molecule has 2 aliphatic carbocycles. The first-order chi connectivity index (χ1) is 6.35. The average molecular weight is 180 g/mol. The highest BCUT2D eigenvalue weighted by Gasteiger charge is 2.37. The van der Waals surface area contributed by atoms with Crippen LogP contribution in [0.2, 0.25) is 0 Å². The predicted octanol–water partition coefficient (Wildman–Crippen LogP) is 4.25. The van der Waals surface area contributed by atoms with E-state index in [0.29, 0.717) is 0 Å². The summed E-state index contributed by atoms with van der Waals surface area (Å²) in [6.45, 7) is 4.71. The van der Waals surface area contributed by atoms with Crippen molar-refractivity contribution in [3.63, 3.8) is 0 Å². The van der Waals surface area contributed by atoms with E-state index in [2.05, 4.69) is 13.8 Å². The molecule has 13 heavy (non-hydrogen) atoms. The summed E-state index contributed by atoms with van der Waals surface area (Å²) >= 11 is 0. The third kappa shape index (κ3) is 2.08. The van der Waals surface area contributed by atoms with Gasteiger partial charge in [-0.15, -0.1) is 0 Å². The van der Waals surface area contributed by atoms with Gasteiger partial charge in [-0.2, -0.15) is 0 Å². The fourth-order valence-electron chi connectivity index (χ4n) is 3.15. The van der Waals surface area contributed by atoms with Gasteiger partial charge in [-0.05, 0) is 55.8 Å². The van der Waals surface area contributed by atoms with Gasteiger partial charge in [-0.25, -0.2) is 0 Å². The van der Waals surface area contributed by atoms with Gasteiger partial charge in [0.05, 0.1) is 0 Å². The first-order valence-electron chi connectivity index (χ1n) is 6.35. The van der Waals surface area contributed by atoms with E-state index < -0.39 is 0 Å². The number of hydrogen-bond donors (Lipinski definition) is 0. The Morgan fingerprint density at radius 2 is 1.38 bits per heavy atom. The first kappa shape index (κ1) is 9.55. The summed E-state index contributed by atoms with van der Waals surface area (Å²) in [7, 11) is 0. The molecule has 0 radical (unpaired) electrons. The van der Waals surface area contributed by atoms with Gasteiger partial charge in [-0.1, -0.05) is 26.7 Å². The average Bonchev–Trinajstić information content (AvgIpc) is 2.83. The summed E-state index contributed by atoms with van der Waals surface area (Å²) in [4.78, 5) is 0. The topological polar surface area (TPSA) is 0 Å². The molecule has 2 rings (SSSR count). The van der Waals surface area contributed by atoms with E-state index >= 15 is 0 Å². The van der Waals surface area contributed by atoms with E-state index in [1.165, 1.54) is 19.3 Å². The zero-order chi connectivity index (χ0) is 9.26. The molecule has 76 valence electrons. The SMILES string of the molecule is CCC1CCC1CCC1CC1CC. The lowest BCUT2D eigenvalue weighted by Gasteiger charge is -2.36. The van der Waals surface area contributed by atoms with Crippen LogP contribution < -0.4 is 0 Å². The van der Waals surface area contributed by atoms with Crippen LogP contribution >= 0.6 is 0 Å². The van der Waals surface area contributed by atoms with Crippen LogP contribution in [0.3, 0.4) is 0 Å². The summed E-state index contributed by atoms with van der Waals surface area (Å²) in [6.07, 6.45) is 10.6. The lowest BCUT2D eigenvalue weighted by atomic mass is 9.70. The summed E-state index contributed by atoms with van der Waals surface area (Å²) in [6, 6.07) is 0. The highest BCUT2D eigenvalue weighted by atomic mass is 14.4. The maximum absolute atomic E-state index is 2.36. The zero-order valence-electron chi connectivity index (χ0n) is 9.26. The van der Waals surface area contributed by atoms with E-state index in [0.717, 1.165) is 23.7 Å². The normalized spacial score (nSPS) is 42.9. The second kappa shape index (κ2) is 4.02. The second-order valence-corrected chi connectivity index (χ2v) is 5.25. The predicted molar refractivity (Wildman–Crippen MR) is 57.6 cm³/mol. The standard InChI is InChI=1S/C13H24/c1-3-10-5-6-12(10)7-8-13-9-11(13)4-2/h10-13H,3-9H2,1-2H3. The minimum absolute atomic E-state index is 1.11. The van der Waals surface area contributed by atoms with Crippen LogP contribution in [-0.4, -0.2) is 0 Å². The van der Waals surface area contributed by atoms with Crippen molar-refractivity contribution < 1.29 is 0 Å². The summed E-state index contributed by atoms with van der Waals surface area (Å²) in [5.74, 6) is 4.50. The minimum Gasteiger partial charge on any atom is -0.0651 e. The van der Waals surface area contributed by atoms with Crippen molar-refractivity contribution >= 4 is 0 Å². The Hall–Kier alpha value is 0. The Morgan fingerprint density at radius 3 is 1.85 bits per heavy atom. The monoisotopic (exact) mass is 180 g/mol. The molecule has 2 aliphatic rings. The van der Waals surface area contributed by atoms with Crippen molar-refractivity contribution in [2.45, 2.75) is 58.8 Å². The lowest BCUT2D eigenvalue weighted by Crippen LogP contribution is -2.25. The Balaban J connectivity index is 1.58. The lowest BCUT2D eigenvalue weighted by molar-refractivity contribution is 0.153. The van der Waals surface area contributed by atoms with Crippen molar-refractivity contribution in [2.75, 3.05) is 0 Å². The maximum atomic E-state index is 2.36. The molecule has 0 heterocycles. The van der Waals surface area contributed by atoms with E-state index in [1.54, 1.807) is 25.7 Å². The summed E-state index contributed by atoms with van der Waals surface area (Å²) in [5, 5.41) is 0. The Bertz CT molecular complexity index is 159. The molecule has 2 saturated carbocycles. The van der Waals surface area contributed by atoms with Crippen molar-refractivity contribution in [3.8, 4) is 0 Å². The molecule has 0 N–H and O–H groups in total. The molecule has 0 spiro atoms. The molecule has 0 amide bonds. The Labute approximate surface area is 83.1 Å². The molecule has 2 fully saturated rings. The molecular weight excluding hydrogens is 156 g/mol. The van der Waals surface area contributed by atoms with Gasteiger partial charge in [0, 0.05) is 0 Å². The van der Waals surface area contributed by atoms with Crippen LogP contribution in [0, 0.1) is 23.7 Å². The van der Waals surface area contributed by atoms with Crippen LogP contribution in [0.1, 0.15) is 58.8 Å². The second-order valence-electron chi connectivity index (χ2n) is 5.25. The highest BCUT2D eigenvalue weighted by Crippen LogP contribution is 2.47. The van der Waals surface area contributed by atoms with Gasteiger partial charge < -0.3 is 0 Å². The van der Waals surface area contributed by atoms with Gasteiger partial charge in [0.1, 0.15) is 0 Å². The van der Waals surface area contributed by atoms with Crippen LogP contribution in [0.15, 0.2) is 0 Å². The van der Waals surface area contributed by atoms with E-state index in [9.17, 15) is 0 Å². The largest absolute Gasteiger partial charge is 0.0651 e. The molecule has 4 atom stereocenters. The fraction of sp³-hybridized carbons (Fsp3) is 1.00. The summed E-state index contributed by atoms with van der Waals surface area (Å²) in [5.41, 5.74) is 0. The van der Waals surface area contributed by atoms with Gasteiger partial charge in [0.2, 0.25) is 0 Å². The third-order valence-electron chi connectivity index (χ3n) is 4.60. The van der Waals surface area contributed by atoms with Crippen LogP contribution in [-0.2, 0) is 0 Å². The van der Waals surface area contributed by atoms with Crippen LogP contribution in [0.25, 0.3) is 0 Å². The van der Waals surface area contributed by atoms with E-state index in [1.807, 2.05) is 0 Å². The molecule has 0 saturated heterocycles. The van der Waals surface area contributed by atoms with Gasteiger partial charge in [0.15, 0.2) is 0 Å². The van der Waals surface area contributed by atoms with Gasteiger partial charge in [0.25, 0.3) is 0 Å². The van der Waals surface area contributed by atoms with Crippen molar-refractivity contribution in [1.82, 2.24) is 0 Å². The molecular formula is C13H24. The molecule has 0 heteroatoms. The quantitative estimate of drug-likeness (QED) is 0.593. The Morgan fingerprint density at radius 1 is 0.769 bits per heavy atom. The fourth-order valence-corrected chi connectivity index (χ4v) is 3.15. The third-order valence-corrected chi connectivity index (χ3v) is 4.60. The zero-order valence-corrected chi connectivity index (χ0v) is 9.26. The number of rotatable bonds is 5. The Kier molecular flexibility index (Phi) is 2.96. The van der Waals surface area contributed by atoms with Crippen molar-refractivity contribution in [3.05, 3.63) is 0 Å². The van der Waals surface area contributed by atoms with Crippen molar-refractivity contribution in [2.24, 2.45) is 23.7 Å². The first-order valence-corrected chi connectivity index (χ1v) is 6.35. The molecule has 0 aromatic rings. The van der Waals surface area contributed by atoms with E-state index in [-0.39, 0.29) is 0 Å². The van der Waals surface area contributed by atoms with Crippen LogP contribution in [0.4, 0.5) is 0 Å². The highest BCUT2D eigenvalue weighted by molar-refractivity contribution is 4.87. The maximum Gasteiger partial charge on any atom is -0.0383 e. The van der Waals surface area contributed by atoms with Crippen LogP contribution in [0.5, 0.6) is 0 Å². The van der Waals surface area contributed by atoms with E-state index in [4.69, 9.17) is 0 Å². The molecule has 0 bridgehead atoms. The minimum atomic E-state index is 1.11. The molecule has 0 aromatic heterocycles. The van der Waals surface area contributed by atoms with Gasteiger partial charge >= 0.3 is 0 Å².